The predicted octanol–water partition coefficient (Wildman–Crippen LogP) is 2.60. The zero-order chi connectivity index (χ0) is 12.6. The summed E-state index contributed by atoms with van der Waals surface area (Å²) in [6, 6.07) is 8.22. The van der Waals surface area contributed by atoms with Gasteiger partial charge >= 0.3 is 5.97 Å². The normalized spacial score (nSPS) is 23.3. The van der Waals surface area contributed by atoms with Gasteiger partial charge in [-0.15, -0.1) is 0 Å². The molecular weight excluding hydrogens is 216 g/mol. The molecule has 0 radical (unpaired) electrons. The van der Waals surface area contributed by atoms with Gasteiger partial charge in [-0.05, 0) is 16.5 Å². The number of hydrogen-bond donors (Lipinski definition) is 0. The number of rotatable bonds is 2. The molecule has 0 spiro atoms. The molecule has 0 amide bonds. The van der Waals surface area contributed by atoms with Crippen molar-refractivity contribution in [2.24, 2.45) is 0 Å². The second-order valence-electron chi connectivity index (χ2n) is 5.37. The second-order valence-corrected chi connectivity index (χ2v) is 5.37. The van der Waals surface area contributed by atoms with E-state index in [9.17, 15) is 4.79 Å². The fourth-order valence-electron chi connectivity index (χ4n) is 1.83. The molecule has 2 rings (SSSR count). The minimum Gasteiger partial charge on any atom is -0.467 e. The Bertz CT molecular complexity index is 414. The molecule has 3 heteroatoms. The number of benzene rings is 1. The summed E-state index contributed by atoms with van der Waals surface area (Å²) in [5.41, 5.74) is 2.45. The van der Waals surface area contributed by atoms with Crippen molar-refractivity contribution in [1.29, 1.82) is 0 Å². The Morgan fingerprint density at radius 3 is 2.29 bits per heavy atom. The molecule has 17 heavy (non-hydrogen) atoms. The summed E-state index contributed by atoms with van der Waals surface area (Å²) in [4.78, 5) is 11.2. The molecule has 0 bridgehead atoms. The number of methoxy groups -OCH3 is 1. The molecule has 1 heterocycles. The number of carbonyl (C=O) groups is 1. The highest BCUT2D eigenvalue weighted by Gasteiger charge is 2.47. The van der Waals surface area contributed by atoms with E-state index in [2.05, 4.69) is 37.6 Å². The zero-order valence-electron chi connectivity index (χ0n) is 10.7. The minimum absolute atomic E-state index is 0.128. The van der Waals surface area contributed by atoms with E-state index in [4.69, 9.17) is 4.74 Å². The summed E-state index contributed by atoms with van der Waals surface area (Å²) in [6.45, 7) is 6.52. The Labute approximate surface area is 102 Å². The Morgan fingerprint density at radius 1 is 1.24 bits per heavy atom. The zero-order valence-corrected chi connectivity index (χ0v) is 10.7. The quantitative estimate of drug-likeness (QED) is 0.583. The van der Waals surface area contributed by atoms with Crippen molar-refractivity contribution in [2.45, 2.75) is 38.4 Å². The van der Waals surface area contributed by atoms with Gasteiger partial charge in [-0.1, -0.05) is 45.0 Å². The van der Waals surface area contributed by atoms with Crippen molar-refractivity contribution >= 4 is 5.97 Å². The predicted molar refractivity (Wildman–Crippen MR) is 64.8 cm³/mol. The number of esters is 1. The molecule has 0 aliphatic carbocycles. The van der Waals surface area contributed by atoms with Gasteiger partial charge in [0.1, 0.15) is 6.10 Å². The summed E-state index contributed by atoms with van der Waals surface area (Å²) in [5, 5.41) is 0. The smallest absolute Gasteiger partial charge is 0.338 e. The fraction of sp³-hybridized carbons (Fsp3) is 0.500. The minimum atomic E-state index is -0.416. The lowest BCUT2D eigenvalue weighted by Gasteiger charge is -2.18. The highest BCUT2D eigenvalue weighted by atomic mass is 16.6. The Morgan fingerprint density at radius 2 is 1.82 bits per heavy atom. The van der Waals surface area contributed by atoms with Gasteiger partial charge in [0.25, 0.3) is 0 Å². The van der Waals surface area contributed by atoms with Crippen LogP contribution in [0.15, 0.2) is 24.3 Å². The third kappa shape index (κ3) is 2.50. The van der Waals surface area contributed by atoms with Gasteiger partial charge in [-0.2, -0.15) is 0 Å². The highest BCUT2D eigenvalue weighted by molar-refractivity contribution is 5.78. The van der Waals surface area contributed by atoms with Gasteiger partial charge in [0.15, 0.2) is 6.10 Å². The second kappa shape index (κ2) is 4.15. The highest BCUT2D eigenvalue weighted by Crippen LogP contribution is 2.39. The first kappa shape index (κ1) is 12.1. The van der Waals surface area contributed by atoms with E-state index >= 15 is 0 Å². The average molecular weight is 234 g/mol. The molecule has 0 aromatic heterocycles. The standard InChI is InChI=1S/C14H18O3/c1-14(2,3)10-7-5-9(6-8-10)11-12(17-11)13(15)16-4/h5-8,11-12H,1-4H3/t11-,12-/m1/s1. The third-order valence-electron chi connectivity index (χ3n) is 3.03. The van der Waals surface area contributed by atoms with Crippen LogP contribution in [0.2, 0.25) is 0 Å². The van der Waals surface area contributed by atoms with Crippen LogP contribution in [-0.2, 0) is 19.7 Å². The molecule has 1 aromatic carbocycles. The Hall–Kier alpha value is -1.35. The number of hydrogen-bond acceptors (Lipinski definition) is 3. The first-order chi connectivity index (χ1) is 7.93. The van der Waals surface area contributed by atoms with E-state index < -0.39 is 6.10 Å². The number of carbonyl (C=O) groups excluding carboxylic acids is 1. The molecule has 1 saturated heterocycles. The molecule has 1 fully saturated rings. The van der Waals surface area contributed by atoms with Crippen LogP contribution in [0.1, 0.15) is 38.0 Å². The van der Waals surface area contributed by atoms with E-state index in [0.717, 1.165) is 5.56 Å². The summed E-state index contributed by atoms with van der Waals surface area (Å²) in [6.07, 6.45) is -0.544. The average Bonchev–Trinajstić information content (AvgIpc) is 3.07. The summed E-state index contributed by atoms with van der Waals surface area (Å²) in [7, 11) is 1.38. The molecule has 1 aliphatic rings. The molecule has 1 aromatic rings. The van der Waals surface area contributed by atoms with Crippen LogP contribution >= 0.6 is 0 Å². The molecular formula is C14H18O3. The maximum Gasteiger partial charge on any atom is 0.338 e. The lowest BCUT2D eigenvalue weighted by molar-refractivity contribution is -0.142. The first-order valence-corrected chi connectivity index (χ1v) is 5.77. The fourth-order valence-corrected chi connectivity index (χ4v) is 1.83. The molecule has 0 saturated carbocycles. The summed E-state index contributed by atoms with van der Waals surface area (Å²) in [5.74, 6) is -0.296. The van der Waals surface area contributed by atoms with E-state index in [0.29, 0.717) is 0 Å². The van der Waals surface area contributed by atoms with Crippen molar-refractivity contribution in [3.8, 4) is 0 Å². The van der Waals surface area contributed by atoms with Crippen molar-refractivity contribution in [1.82, 2.24) is 0 Å². The van der Waals surface area contributed by atoms with Gasteiger partial charge in [0, 0.05) is 0 Å². The topological polar surface area (TPSA) is 38.8 Å². The van der Waals surface area contributed by atoms with E-state index in [-0.39, 0.29) is 17.5 Å². The summed E-state index contributed by atoms with van der Waals surface area (Å²) >= 11 is 0. The maximum atomic E-state index is 11.2. The van der Waals surface area contributed by atoms with Crippen molar-refractivity contribution in [2.75, 3.05) is 7.11 Å². The Kier molecular flexibility index (Phi) is 2.96. The van der Waals surface area contributed by atoms with Crippen LogP contribution in [0, 0.1) is 0 Å². The van der Waals surface area contributed by atoms with E-state index in [1.54, 1.807) is 0 Å². The molecule has 2 atom stereocenters. The molecule has 3 nitrogen and oxygen atoms in total. The number of epoxide rings is 1. The van der Waals surface area contributed by atoms with E-state index in [1.807, 2.05) is 12.1 Å². The molecule has 0 N–H and O–H groups in total. The van der Waals surface area contributed by atoms with Gasteiger partial charge in [-0.25, -0.2) is 4.79 Å². The van der Waals surface area contributed by atoms with Crippen LogP contribution < -0.4 is 0 Å². The van der Waals surface area contributed by atoms with Crippen LogP contribution in [0.5, 0.6) is 0 Å². The van der Waals surface area contributed by atoms with Gasteiger partial charge in [0.05, 0.1) is 7.11 Å². The van der Waals surface area contributed by atoms with Gasteiger partial charge < -0.3 is 9.47 Å². The molecule has 92 valence electrons. The van der Waals surface area contributed by atoms with Gasteiger partial charge in [0.2, 0.25) is 0 Å². The van der Waals surface area contributed by atoms with Crippen LogP contribution in [0.3, 0.4) is 0 Å². The largest absolute Gasteiger partial charge is 0.467 e. The van der Waals surface area contributed by atoms with Crippen LogP contribution in [0.4, 0.5) is 0 Å². The molecule has 0 unspecified atom stereocenters. The van der Waals surface area contributed by atoms with Gasteiger partial charge in [-0.3, -0.25) is 0 Å². The van der Waals surface area contributed by atoms with Crippen LogP contribution in [0.25, 0.3) is 0 Å². The lowest BCUT2D eigenvalue weighted by Crippen LogP contribution is -2.11. The van der Waals surface area contributed by atoms with Crippen molar-refractivity contribution in [3.05, 3.63) is 35.4 Å². The van der Waals surface area contributed by atoms with Crippen molar-refractivity contribution in [3.63, 3.8) is 0 Å². The maximum absolute atomic E-state index is 11.2. The monoisotopic (exact) mass is 234 g/mol. The third-order valence-corrected chi connectivity index (χ3v) is 3.03. The molecule has 1 aliphatic heterocycles. The first-order valence-electron chi connectivity index (χ1n) is 5.77. The Balaban J connectivity index is 2.08. The SMILES string of the molecule is COC(=O)[C@@H]1O[C@@H]1c1ccc(C(C)(C)C)cc1. The van der Waals surface area contributed by atoms with E-state index in [1.165, 1.54) is 12.7 Å². The lowest BCUT2D eigenvalue weighted by atomic mass is 9.86. The summed E-state index contributed by atoms with van der Waals surface area (Å²) < 4.78 is 9.95. The van der Waals surface area contributed by atoms with Crippen LogP contribution in [-0.4, -0.2) is 19.2 Å². The number of ether oxygens (including phenoxy) is 2. The van der Waals surface area contributed by atoms with Crippen molar-refractivity contribution < 1.29 is 14.3 Å².